The number of hydrogen-bond donors (Lipinski definition) is 1. The number of nitrogens with two attached hydrogens (primary N) is 1. The van der Waals surface area contributed by atoms with Crippen molar-refractivity contribution in [3.8, 4) is 5.75 Å². The van der Waals surface area contributed by atoms with E-state index in [0.29, 0.717) is 17.3 Å². The van der Waals surface area contributed by atoms with Crippen molar-refractivity contribution in [2.45, 2.75) is 33.4 Å². The van der Waals surface area contributed by atoms with Gasteiger partial charge in [-0.25, -0.2) is 0 Å². The summed E-state index contributed by atoms with van der Waals surface area (Å²) in [6.45, 7) is 5.36. The van der Waals surface area contributed by atoms with Gasteiger partial charge in [0, 0.05) is 6.54 Å². The molecule has 0 unspecified atom stereocenters. The molecule has 0 aliphatic carbocycles. The van der Waals surface area contributed by atoms with E-state index in [9.17, 15) is 0 Å². The Hall–Kier alpha value is -1.40. The molecule has 0 fully saturated rings. The van der Waals surface area contributed by atoms with Gasteiger partial charge in [0.15, 0.2) is 0 Å². The number of aryl methyl sites for hydroxylation is 2. The molecule has 6 heteroatoms. The van der Waals surface area contributed by atoms with E-state index in [4.69, 9.17) is 22.7 Å². The van der Waals surface area contributed by atoms with Crippen LogP contribution in [0.5, 0.6) is 5.75 Å². The van der Waals surface area contributed by atoms with Gasteiger partial charge in [-0.2, -0.15) is 5.10 Å². The normalized spacial score (nSPS) is 10.6. The highest BCUT2D eigenvalue weighted by atomic mass is 79.9. The van der Waals surface area contributed by atoms with Crippen LogP contribution in [0.25, 0.3) is 0 Å². The highest BCUT2D eigenvalue weighted by molar-refractivity contribution is 9.10. The lowest BCUT2D eigenvalue weighted by Crippen LogP contribution is -2.12. The minimum Gasteiger partial charge on any atom is -0.487 e. The fourth-order valence-electron chi connectivity index (χ4n) is 2.10. The smallest absolute Gasteiger partial charge is 0.131 e. The maximum Gasteiger partial charge on any atom is 0.131 e. The van der Waals surface area contributed by atoms with E-state index in [1.807, 2.05) is 28.9 Å². The number of hydrogen-bond acceptors (Lipinski definition) is 3. The molecule has 1 aromatic heterocycles. The number of halogens is 1. The summed E-state index contributed by atoms with van der Waals surface area (Å²) in [4.78, 5) is 0.336. The second-order valence-electron chi connectivity index (χ2n) is 4.53. The van der Waals surface area contributed by atoms with Crippen LogP contribution < -0.4 is 10.5 Å². The second kappa shape index (κ2) is 7.04. The number of nitrogens with zero attached hydrogens (tertiary/aromatic N) is 2. The van der Waals surface area contributed by atoms with E-state index in [-0.39, 0.29) is 0 Å². The van der Waals surface area contributed by atoms with Crippen molar-refractivity contribution in [3.63, 3.8) is 0 Å². The van der Waals surface area contributed by atoms with Crippen LogP contribution in [0.4, 0.5) is 0 Å². The van der Waals surface area contributed by atoms with E-state index in [0.717, 1.165) is 34.4 Å². The third-order valence-electron chi connectivity index (χ3n) is 3.21. The topological polar surface area (TPSA) is 53.1 Å². The zero-order valence-electron chi connectivity index (χ0n) is 12.1. The molecule has 0 saturated carbocycles. The van der Waals surface area contributed by atoms with Gasteiger partial charge >= 0.3 is 0 Å². The molecule has 0 spiro atoms. The summed E-state index contributed by atoms with van der Waals surface area (Å²) in [5, 5.41) is 4.56. The SMILES string of the molecule is CCc1nn(CC)c(COc2ccccc2C(N)=S)c1Br. The van der Waals surface area contributed by atoms with Crippen LogP contribution in [0.2, 0.25) is 0 Å². The molecule has 112 valence electrons. The first-order valence-electron chi connectivity index (χ1n) is 6.84. The Labute approximate surface area is 138 Å². The highest BCUT2D eigenvalue weighted by Gasteiger charge is 2.15. The van der Waals surface area contributed by atoms with Crippen molar-refractivity contribution in [2.75, 3.05) is 0 Å². The van der Waals surface area contributed by atoms with Crippen LogP contribution in [-0.2, 0) is 19.6 Å². The molecular weight excluding hydrogens is 350 g/mol. The Morgan fingerprint density at radius 2 is 2.10 bits per heavy atom. The summed E-state index contributed by atoms with van der Waals surface area (Å²) < 4.78 is 8.87. The van der Waals surface area contributed by atoms with Gasteiger partial charge in [-0.15, -0.1) is 0 Å². The zero-order valence-corrected chi connectivity index (χ0v) is 14.5. The molecule has 0 bridgehead atoms. The third-order valence-corrected chi connectivity index (χ3v) is 4.35. The number of thiocarbonyl (C=S) groups is 1. The Morgan fingerprint density at radius 3 is 2.71 bits per heavy atom. The lowest BCUT2D eigenvalue weighted by atomic mass is 10.2. The second-order valence-corrected chi connectivity index (χ2v) is 5.76. The lowest BCUT2D eigenvalue weighted by Gasteiger charge is -2.11. The molecule has 21 heavy (non-hydrogen) atoms. The van der Waals surface area contributed by atoms with Gasteiger partial charge in [-0.3, -0.25) is 4.68 Å². The van der Waals surface area contributed by atoms with Gasteiger partial charge in [0.2, 0.25) is 0 Å². The van der Waals surface area contributed by atoms with Crippen molar-refractivity contribution in [3.05, 3.63) is 45.7 Å². The number of para-hydroxylation sites is 1. The number of ether oxygens (including phenoxy) is 1. The van der Waals surface area contributed by atoms with E-state index < -0.39 is 0 Å². The van der Waals surface area contributed by atoms with E-state index in [1.165, 1.54) is 0 Å². The third kappa shape index (κ3) is 3.44. The maximum absolute atomic E-state index is 5.91. The predicted molar refractivity (Wildman–Crippen MR) is 91.6 cm³/mol. The Morgan fingerprint density at radius 1 is 1.38 bits per heavy atom. The zero-order chi connectivity index (χ0) is 15.4. The highest BCUT2D eigenvalue weighted by Crippen LogP contribution is 2.25. The van der Waals surface area contributed by atoms with Crippen LogP contribution >= 0.6 is 28.1 Å². The first-order chi connectivity index (χ1) is 10.1. The van der Waals surface area contributed by atoms with Gasteiger partial charge in [-0.1, -0.05) is 31.3 Å². The van der Waals surface area contributed by atoms with Gasteiger partial charge < -0.3 is 10.5 Å². The quantitative estimate of drug-likeness (QED) is 0.794. The Kier molecular flexibility index (Phi) is 5.36. The molecule has 1 heterocycles. The van der Waals surface area contributed by atoms with Crippen LogP contribution in [0.15, 0.2) is 28.7 Å². The molecule has 1 aromatic carbocycles. The van der Waals surface area contributed by atoms with Crippen molar-refractivity contribution in [1.29, 1.82) is 0 Å². The lowest BCUT2D eigenvalue weighted by molar-refractivity contribution is 0.291. The number of benzene rings is 1. The van der Waals surface area contributed by atoms with E-state index in [2.05, 4.69) is 34.9 Å². The Bertz CT molecular complexity index is 654. The molecule has 2 N–H and O–H groups in total. The molecule has 0 amide bonds. The van der Waals surface area contributed by atoms with Gasteiger partial charge in [0.1, 0.15) is 17.3 Å². The van der Waals surface area contributed by atoms with Gasteiger partial charge in [0.25, 0.3) is 0 Å². The molecule has 4 nitrogen and oxygen atoms in total. The Balaban J connectivity index is 2.25. The first-order valence-corrected chi connectivity index (χ1v) is 8.04. The van der Waals surface area contributed by atoms with Crippen LogP contribution in [0, 0.1) is 0 Å². The molecule has 2 aromatic rings. The largest absolute Gasteiger partial charge is 0.487 e. The average Bonchev–Trinajstić information content (AvgIpc) is 2.80. The van der Waals surface area contributed by atoms with Crippen molar-refractivity contribution < 1.29 is 4.74 Å². The number of aromatic nitrogens is 2. The minimum absolute atomic E-state index is 0.336. The van der Waals surface area contributed by atoms with Crippen LogP contribution in [-0.4, -0.2) is 14.8 Å². The summed E-state index contributed by atoms with van der Waals surface area (Å²) >= 11 is 8.66. The molecular formula is C15H18BrN3OS. The van der Waals surface area contributed by atoms with Crippen molar-refractivity contribution >= 4 is 33.1 Å². The molecule has 0 saturated heterocycles. The summed E-state index contributed by atoms with van der Waals surface area (Å²) in [6, 6.07) is 7.53. The average molecular weight is 368 g/mol. The fraction of sp³-hybridized carbons (Fsp3) is 0.333. The summed E-state index contributed by atoms with van der Waals surface area (Å²) in [5.41, 5.74) is 8.53. The molecule has 2 rings (SSSR count). The van der Waals surface area contributed by atoms with Crippen LogP contribution in [0.3, 0.4) is 0 Å². The van der Waals surface area contributed by atoms with Gasteiger partial charge in [-0.05, 0) is 41.4 Å². The molecule has 0 aliphatic rings. The van der Waals surface area contributed by atoms with E-state index >= 15 is 0 Å². The first kappa shape index (κ1) is 16.0. The maximum atomic E-state index is 5.91. The fourth-order valence-corrected chi connectivity index (χ4v) is 2.94. The van der Waals surface area contributed by atoms with Gasteiger partial charge in [0.05, 0.1) is 21.4 Å². The van der Waals surface area contributed by atoms with Crippen molar-refractivity contribution in [2.24, 2.45) is 5.73 Å². The number of rotatable bonds is 6. The molecule has 0 aliphatic heterocycles. The summed E-state index contributed by atoms with van der Waals surface area (Å²) in [6.07, 6.45) is 0.879. The summed E-state index contributed by atoms with van der Waals surface area (Å²) in [5.74, 6) is 0.693. The predicted octanol–water partition coefficient (Wildman–Crippen LogP) is 3.44. The summed E-state index contributed by atoms with van der Waals surface area (Å²) in [7, 11) is 0. The molecule has 0 radical (unpaired) electrons. The standard InChI is InChI=1S/C15H18BrN3OS/c1-3-11-14(16)12(19(4-2)18-11)9-20-13-8-6-5-7-10(13)15(17)21/h5-8H,3-4,9H2,1-2H3,(H2,17,21). The van der Waals surface area contributed by atoms with E-state index in [1.54, 1.807) is 0 Å². The van der Waals surface area contributed by atoms with Crippen LogP contribution in [0.1, 0.15) is 30.8 Å². The minimum atomic E-state index is 0.336. The monoisotopic (exact) mass is 367 g/mol. The molecule has 0 atom stereocenters. The van der Waals surface area contributed by atoms with Crippen molar-refractivity contribution in [1.82, 2.24) is 9.78 Å².